The second kappa shape index (κ2) is 2.89. The van der Waals surface area contributed by atoms with E-state index in [0.717, 1.165) is 18.4 Å². The minimum Gasteiger partial charge on any atom is -0.329 e. The van der Waals surface area contributed by atoms with Gasteiger partial charge in [-0.15, -0.1) is 0 Å². The molecule has 1 aliphatic rings. The van der Waals surface area contributed by atoms with Crippen LogP contribution in [0.25, 0.3) is 0 Å². The minimum absolute atomic E-state index is 0.156. The van der Waals surface area contributed by atoms with Crippen molar-refractivity contribution in [3.8, 4) is 0 Å². The average molecular weight is 203 g/mol. The molecule has 3 nitrogen and oxygen atoms in total. The maximum absolute atomic E-state index is 12.8. The number of halogens is 1. The Bertz CT molecular complexity index is 460. The zero-order valence-corrected chi connectivity index (χ0v) is 7.90. The molecule has 1 saturated carbocycles. The maximum Gasteiger partial charge on any atom is 0.316 e. The van der Waals surface area contributed by atoms with Crippen molar-refractivity contribution in [2.24, 2.45) is 0 Å². The van der Waals surface area contributed by atoms with Gasteiger partial charge in [-0.25, -0.2) is 4.39 Å². The normalized spacial score (nSPS) is 17.7. The smallest absolute Gasteiger partial charge is 0.316 e. The standard InChI is InChI=1S/C11H8FN2O/c12-9-3-1-8(2-4-9)11(5-6-11)10-13-7-15-14-10/h1-4H,5-6H2. The van der Waals surface area contributed by atoms with Crippen LogP contribution >= 0.6 is 0 Å². The van der Waals surface area contributed by atoms with Crippen LogP contribution in [-0.2, 0) is 5.41 Å². The van der Waals surface area contributed by atoms with Crippen LogP contribution in [0.15, 0.2) is 28.8 Å². The number of hydrogen-bond acceptors (Lipinski definition) is 3. The molecule has 75 valence electrons. The molecule has 4 heteroatoms. The van der Waals surface area contributed by atoms with Gasteiger partial charge in [0.05, 0.1) is 5.41 Å². The lowest BCUT2D eigenvalue weighted by atomic mass is 9.95. The summed E-state index contributed by atoms with van der Waals surface area (Å²) in [4.78, 5) is 3.95. The number of benzene rings is 1. The first-order chi connectivity index (χ1) is 7.31. The average Bonchev–Trinajstić information content (AvgIpc) is 2.88. The van der Waals surface area contributed by atoms with Gasteiger partial charge < -0.3 is 4.52 Å². The predicted octanol–water partition coefficient (Wildman–Crippen LogP) is 2.09. The van der Waals surface area contributed by atoms with E-state index in [4.69, 9.17) is 0 Å². The van der Waals surface area contributed by atoms with Crippen molar-refractivity contribution in [3.63, 3.8) is 0 Å². The molecular weight excluding hydrogens is 195 g/mol. The van der Waals surface area contributed by atoms with Crippen LogP contribution < -0.4 is 0 Å². The molecule has 0 bridgehead atoms. The maximum atomic E-state index is 12.8. The molecule has 1 heterocycles. The number of hydrogen-bond donors (Lipinski definition) is 0. The van der Waals surface area contributed by atoms with Crippen molar-refractivity contribution in [3.05, 3.63) is 47.9 Å². The number of aromatic nitrogens is 2. The van der Waals surface area contributed by atoms with Crippen LogP contribution in [-0.4, -0.2) is 10.1 Å². The number of rotatable bonds is 2. The van der Waals surface area contributed by atoms with Crippen LogP contribution in [0.4, 0.5) is 4.39 Å². The second-order valence-corrected chi connectivity index (χ2v) is 3.80. The van der Waals surface area contributed by atoms with Gasteiger partial charge in [0, 0.05) is 0 Å². The van der Waals surface area contributed by atoms with E-state index in [-0.39, 0.29) is 11.2 Å². The molecule has 0 amide bonds. The highest BCUT2D eigenvalue weighted by molar-refractivity contribution is 5.38. The zero-order valence-electron chi connectivity index (χ0n) is 7.90. The van der Waals surface area contributed by atoms with Gasteiger partial charge in [0.2, 0.25) is 0 Å². The molecule has 0 aliphatic heterocycles. The molecule has 15 heavy (non-hydrogen) atoms. The van der Waals surface area contributed by atoms with Crippen LogP contribution in [0.3, 0.4) is 0 Å². The van der Waals surface area contributed by atoms with Crippen molar-refractivity contribution < 1.29 is 8.91 Å². The second-order valence-electron chi connectivity index (χ2n) is 3.80. The molecule has 1 aliphatic carbocycles. The SMILES string of the molecule is Fc1ccc(C2(c3n[c]on3)CC2)cc1. The van der Waals surface area contributed by atoms with Crippen LogP contribution in [0.1, 0.15) is 24.2 Å². The zero-order chi connectivity index (χ0) is 10.3. The van der Waals surface area contributed by atoms with Crippen LogP contribution in [0.5, 0.6) is 0 Å². The third-order valence-corrected chi connectivity index (χ3v) is 2.90. The van der Waals surface area contributed by atoms with Crippen molar-refractivity contribution >= 4 is 0 Å². The molecular formula is C11H8FN2O. The summed E-state index contributed by atoms with van der Waals surface area (Å²) in [5, 5.41) is 3.81. The van der Waals surface area contributed by atoms with Gasteiger partial charge in [-0.2, -0.15) is 4.98 Å². The third kappa shape index (κ3) is 1.25. The predicted molar refractivity (Wildman–Crippen MR) is 49.5 cm³/mol. The molecule has 1 fully saturated rings. The first-order valence-corrected chi connectivity index (χ1v) is 4.77. The van der Waals surface area contributed by atoms with Gasteiger partial charge in [0.1, 0.15) is 5.82 Å². The summed E-state index contributed by atoms with van der Waals surface area (Å²) in [5.41, 5.74) is 0.885. The Labute approximate surface area is 85.9 Å². The largest absolute Gasteiger partial charge is 0.329 e. The topological polar surface area (TPSA) is 38.9 Å². The molecule has 1 aromatic heterocycles. The van der Waals surface area contributed by atoms with Crippen molar-refractivity contribution in [1.29, 1.82) is 0 Å². The first kappa shape index (κ1) is 8.59. The van der Waals surface area contributed by atoms with E-state index >= 15 is 0 Å². The van der Waals surface area contributed by atoms with E-state index in [2.05, 4.69) is 21.1 Å². The highest BCUT2D eigenvalue weighted by Gasteiger charge is 2.49. The van der Waals surface area contributed by atoms with Gasteiger partial charge in [0.25, 0.3) is 0 Å². The summed E-state index contributed by atoms with van der Waals surface area (Å²) < 4.78 is 17.4. The van der Waals surface area contributed by atoms with Gasteiger partial charge in [-0.1, -0.05) is 17.3 Å². The highest BCUT2D eigenvalue weighted by atomic mass is 19.1. The Morgan fingerprint density at radius 2 is 2.00 bits per heavy atom. The van der Waals surface area contributed by atoms with E-state index in [9.17, 15) is 4.39 Å². The summed E-state index contributed by atoms with van der Waals surface area (Å²) in [6, 6.07) is 6.47. The Kier molecular flexibility index (Phi) is 1.65. The quantitative estimate of drug-likeness (QED) is 0.750. The van der Waals surface area contributed by atoms with Crippen LogP contribution in [0.2, 0.25) is 0 Å². The fourth-order valence-corrected chi connectivity index (χ4v) is 1.88. The Balaban J connectivity index is 2.04. The lowest BCUT2D eigenvalue weighted by molar-refractivity contribution is 0.399. The van der Waals surface area contributed by atoms with Gasteiger partial charge in [-0.05, 0) is 30.5 Å². The van der Waals surface area contributed by atoms with Gasteiger partial charge in [0.15, 0.2) is 5.82 Å². The third-order valence-electron chi connectivity index (χ3n) is 2.90. The molecule has 1 aromatic carbocycles. The molecule has 3 rings (SSSR count). The number of nitrogens with zero attached hydrogens (tertiary/aromatic N) is 2. The fraction of sp³-hybridized carbons (Fsp3) is 0.273. The van der Waals surface area contributed by atoms with Crippen molar-refractivity contribution in [2.75, 3.05) is 0 Å². The molecule has 0 unspecified atom stereocenters. The summed E-state index contributed by atoms with van der Waals surface area (Å²) in [6.07, 6.45) is 4.30. The Morgan fingerprint density at radius 1 is 1.27 bits per heavy atom. The highest BCUT2D eigenvalue weighted by Crippen LogP contribution is 2.51. The Morgan fingerprint density at radius 3 is 2.53 bits per heavy atom. The molecule has 0 atom stereocenters. The van der Waals surface area contributed by atoms with Gasteiger partial charge in [-0.3, -0.25) is 0 Å². The summed E-state index contributed by atoms with van der Waals surface area (Å²) in [6.45, 7) is 0. The molecule has 2 aromatic rings. The summed E-state index contributed by atoms with van der Waals surface area (Å²) in [5.74, 6) is 0.420. The van der Waals surface area contributed by atoms with Crippen LogP contribution in [0, 0.1) is 12.2 Å². The summed E-state index contributed by atoms with van der Waals surface area (Å²) >= 11 is 0. The molecule has 0 spiro atoms. The molecule has 1 radical (unpaired) electrons. The first-order valence-electron chi connectivity index (χ1n) is 4.77. The van der Waals surface area contributed by atoms with Crippen molar-refractivity contribution in [2.45, 2.75) is 18.3 Å². The van der Waals surface area contributed by atoms with Crippen molar-refractivity contribution in [1.82, 2.24) is 10.1 Å². The Hall–Kier alpha value is -1.71. The van der Waals surface area contributed by atoms with E-state index < -0.39 is 0 Å². The van der Waals surface area contributed by atoms with E-state index in [1.54, 1.807) is 12.1 Å². The lowest BCUT2D eigenvalue weighted by Gasteiger charge is -2.10. The minimum atomic E-state index is -0.228. The van der Waals surface area contributed by atoms with Gasteiger partial charge >= 0.3 is 6.39 Å². The van der Waals surface area contributed by atoms with E-state index in [1.165, 1.54) is 12.1 Å². The molecule has 0 N–H and O–H groups in total. The van der Waals surface area contributed by atoms with E-state index in [0.29, 0.717) is 5.82 Å². The lowest BCUT2D eigenvalue weighted by Crippen LogP contribution is -2.10. The molecule has 0 saturated heterocycles. The van der Waals surface area contributed by atoms with E-state index in [1.807, 2.05) is 0 Å². The monoisotopic (exact) mass is 203 g/mol. The summed E-state index contributed by atoms with van der Waals surface area (Å²) in [7, 11) is 0. The fourth-order valence-electron chi connectivity index (χ4n) is 1.88.